The molecule has 0 aliphatic carbocycles. The molecule has 1 aliphatic rings. The molecule has 0 atom stereocenters. The van der Waals surface area contributed by atoms with Gasteiger partial charge in [0.1, 0.15) is 6.67 Å². The molecule has 1 aliphatic heterocycles. The van der Waals surface area contributed by atoms with Crippen LogP contribution in [0.2, 0.25) is 0 Å². The number of pyridine rings is 1. The molecular weight excluding hydrogens is 330 g/mol. The van der Waals surface area contributed by atoms with E-state index in [4.69, 9.17) is 4.98 Å². The molecule has 4 rings (SSSR count). The van der Waals surface area contributed by atoms with Crippen molar-refractivity contribution in [3.05, 3.63) is 77.0 Å². The van der Waals surface area contributed by atoms with Crippen LogP contribution in [0.1, 0.15) is 42.1 Å². The van der Waals surface area contributed by atoms with Crippen molar-refractivity contribution >= 4 is 22.9 Å². The predicted octanol–water partition coefficient (Wildman–Crippen LogP) is 6.38. The van der Waals surface area contributed by atoms with Crippen molar-refractivity contribution in [1.82, 2.24) is 4.98 Å². The molecule has 0 spiro atoms. The van der Waals surface area contributed by atoms with Crippen molar-refractivity contribution in [2.45, 2.75) is 40.5 Å². The highest BCUT2D eigenvalue weighted by atomic mass is 15.4. The summed E-state index contributed by atoms with van der Waals surface area (Å²) in [4.78, 5) is 9.64. The van der Waals surface area contributed by atoms with Crippen LogP contribution in [0.4, 0.5) is 22.9 Å². The van der Waals surface area contributed by atoms with E-state index in [1.54, 1.807) is 0 Å². The Morgan fingerprint density at radius 3 is 2.26 bits per heavy atom. The number of hydrogen-bond acceptors (Lipinski definition) is 3. The lowest BCUT2D eigenvalue weighted by molar-refractivity contribution is 0.864. The smallest absolute Gasteiger partial charge is 0.158 e. The van der Waals surface area contributed by atoms with Crippen molar-refractivity contribution in [3.8, 4) is 0 Å². The van der Waals surface area contributed by atoms with E-state index in [1.807, 2.05) is 0 Å². The molecule has 0 unspecified atom stereocenters. The number of anilines is 4. The minimum Gasteiger partial charge on any atom is -0.319 e. The fourth-order valence-corrected chi connectivity index (χ4v) is 3.91. The van der Waals surface area contributed by atoms with E-state index in [0.29, 0.717) is 5.92 Å². The fraction of sp³-hybridized carbons (Fsp3) is 0.292. The first-order chi connectivity index (χ1) is 13.0. The summed E-state index contributed by atoms with van der Waals surface area (Å²) in [6.07, 6.45) is 0. The number of hydrogen-bond donors (Lipinski definition) is 0. The summed E-state index contributed by atoms with van der Waals surface area (Å²) in [5.41, 5.74) is 8.64. The van der Waals surface area contributed by atoms with Crippen LogP contribution >= 0.6 is 0 Å². The maximum atomic E-state index is 4.91. The molecule has 0 bridgehead atoms. The predicted molar refractivity (Wildman–Crippen MR) is 115 cm³/mol. The second-order valence-electron chi connectivity index (χ2n) is 7.78. The van der Waals surface area contributed by atoms with Crippen LogP contribution in [0.25, 0.3) is 0 Å². The minimum absolute atomic E-state index is 0.507. The monoisotopic (exact) mass is 357 g/mol. The fourth-order valence-electron chi connectivity index (χ4n) is 3.91. The topological polar surface area (TPSA) is 19.4 Å². The van der Waals surface area contributed by atoms with Crippen LogP contribution in [0, 0.1) is 20.8 Å². The average Bonchev–Trinajstić information content (AvgIpc) is 3.00. The zero-order chi connectivity index (χ0) is 19.1. The molecular formula is C24H27N3. The van der Waals surface area contributed by atoms with Crippen LogP contribution in [0.5, 0.6) is 0 Å². The Balaban J connectivity index is 1.85. The standard InChI is InChI=1S/C24H27N3/c1-16(2)20-10-7-11-21(14-20)26-15-27(22-13-12-19(5)25-24(22)26)23-17(3)8-6-9-18(23)4/h6-14,16H,15H2,1-5H3. The van der Waals surface area contributed by atoms with E-state index >= 15 is 0 Å². The number of nitrogens with zero attached hydrogens (tertiary/aromatic N) is 3. The number of aryl methyl sites for hydroxylation is 3. The van der Waals surface area contributed by atoms with Gasteiger partial charge in [-0.3, -0.25) is 0 Å². The van der Waals surface area contributed by atoms with Gasteiger partial charge in [-0.25, -0.2) is 4.98 Å². The van der Waals surface area contributed by atoms with E-state index in [1.165, 1.54) is 33.8 Å². The van der Waals surface area contributed by atoms with Gasteiger partial charge in [-0.1, -0.05) is 44.2 Å². The maximum Gasteiger partial charge on any atom is 0.158 e. The Morgan fingerprint density at radius 1 is 0.852 bits per heavy atom. The van der Waals surface area contributed by atoms with Crippen molar-refractivity contribution in [2.24, 2.45) is 0 Å². The van der Waals surface area contributed by atoms with Gasteiger partial charge < -0.3 is 9.80 Å². The molecule has 0 saturated heterocycles. The molecule has 138 valence electrons. The maximum absolute atomic E-state index is 4.91. The molecule has 0 radical (unpaired) electrons. The number of aromatic nitrogens is 1. The molecule has 3 nitrogen and oxygen atoms in total. The van der Waals surface area contributed by atoms with E-state index < -0.39 is 0 Å². The number of rotatable bonds is 3. The average molecular weight is 358 g/mol. The first-order valence-electron chi connectivity index (χ1n) is 9.64. The summed E-state index contributed by atoms with van der Waals surface area (Å²) in [6, 6.07) is 19.7. The van der Waals surface area contributed by atoms with E-state index in [0.717, 1.165) is 18.2 Å². The molecule has 0 amide bonds. The third-order valence-corrected chi connectivity index (χ3v) is 5.38. The molecule has 0 saturated carbocycles. The first kappa shape index (κ1) is 17.6. The zero-order valence-corrected chi connectivity index (χ0v) is 16.8. The highest BCUT2D eigenvalue weighted by Gasteiger charge is 2.31. The molecule has 3 aromatic rings. The lowest BCUT2D eigenvalue weighted by Crippen LogP contribution is -2.25. The van der Waals surface area contributed by atoms with Gasteiger partial charge in [0.25, 0.3) is 0 Å². The first-order valence-corrected chi connectivity index (χ1v) is 9.64. The summed E-state index contributed by atoms with van der Waals surface area (Å²) >= 11 is 0. The van der Waals surface area contributed by atoms with Gasteiger partial charge in [0, 0.05) is 17.1 Å². The minimum atomic E-state index is 0.507. The summed E-state index contributed by atoms with van der Waals surface area (Å²) in [5.74, 6) is 1.55. The van der Waals surface area contributed by atoms with Gasteiger partial charge in [0.05, 0.1) is 5.69 Å². The Bertz CT molecular complexity index is 970. The van der Waals surface area contributed by atoms with Crippen LogP contribution in [0.3, 0.4) is 0 Å². The second kappa shape index (κ2) is 6.73. The second-order valence-corrected chi connectivity index (χ2v) is 7.78. The zero-order valence-electron chi connectivity index (χ0n) is 16.8. The van der Waals surface area contributed by atoms with Gasteiger partial charge in [-0.15, -0.1) is 0 Å². The number of fused-ring (bicyclic) bond motifs is 1. The van der Waals surface area contributed by atoms with Crippen LogP contribution in [-0.2, 0) is 0 Å². The third kappa shape index (κ3) is 3.08. The summed E-state index contributed by atoms with van der Waals surface area (Å²) in [6.45, 7) is 11.7. The van der Waals surface area contributed by atoms with Gasteiger partial charge in [-0.2, -0.15) is 0 Å². The van der Waals surface area contributed by atoms with Crippen LogP contribution in [-0.4, -0.2) is 11.7 Å². The number of benzene rings is 2. The van der Waals surface area contributed by atoms with Crippen molar-refractivity contribution in [2.75, 3.05) is 16.5 Å². The molecule has 2 heterocycles. The van der Waals surface area contributed by atoms with Crippen molar-refractivity contribution < 1.29 is 0 Å². The molecule has 27 heavy (non-hydrogen) atoms. The summed E-state index contributed by atoms with van der Waals surface area (Å²) in [7, 11) is 0. The highest BCUT2D eigenvalue weighted by Crippen LogP contribution is 2.45. The quantitative estimate of drug-likeness (QED) is 0.542. The summed E-state index contributed by atoms with van der Waals surface area (Å²) < 4.78 is 0. The number of para-hydroxylation sites is 1. The molecule has 2 aromatic carbocycles. The SMILES string of the molecule is Cc1ccc2c(n1)N(c1cccc(C(C)C)c1)CN2c1c(C)cccc1C. The largest absolute Gasteiger partial charge is 0.319 e. The molecule has 1 aromatic heterocycles. The summed E-state index contributed by atoms with van der Waals surface area (Å²) in [5, 5.41) is 0. The van der Waals surface area contributed by atoms with Crippen molar-refractivity contribution in [1.29, 1.82) is 0 Å². The van der Waals surface area contributed by atoms with Gasteiger partial charge in [0.2, 0.25) is 0 Å². The van der Waals surface area contributed by atoms with Gasteiger partial charge >= 0.3 is 0 Å². The Hall–Kier alpha value is -2.81. The molecule has 0 fully saturated rings. The van der Waals surface area contributed by atoms with Crippen LogP contribution in [0.15, 0.2) is 54.6 Å². The van der Waals surface area contributed by atoms with Crippen LogP contribution < -0.4 is 9.80 Å². The Kier molecular flexibility index (Phi) is 4.39. The molecule has 3 heteroatoms. The van der Waals surface area contributed by atoms with Gasteiger partial charge in [0.15, 0.2) is 5.82 Å². The Morgan fingerprint density at radius 2 is 1.56 bits per heavy atom. The Labute approximate surface area is 162 Å². The lowest BCUT2D eigenvalue weighted by Gasteiger charge is -2.25. The molecule has 0 N–H and O–H groups in total. The van der Waals surface area contributed by atoms with E-state index in [2.05, 4.69) is 99.0 Å². The van der Waals surface area contributed by atoms with Crippen molar-refractivity contribution in [3.63, 3.8) is 0 Å². The van der Waals surface area contributed by atoms with E-state index in [-0.39, 0.29) is 0 Å². The van der Waals surface area contributed by atoms with Gasteiger partial charge in [-0.05, 0) is 67.6 Å². The lowest BCUT2D eigenvalue weighted by atomic mass is 10.0. The highest BCUT2D eigenvalue weighted by molar-refractivity contribution is 5.86. The normalized spacial score (nSPS) is 13.4. The van der Waals surface area contributed by atoms with E-state index in [9.17, 15) is 0 Å². The third-order valence-electron chi connectivity index (χ3n) is 5.38.